The highest BCUT2D eigenvalue weighted by Crippen LogP contribution is 2.56. The molecule has 210 valence electrons. The quantitative estimate of drug-likeness (QED) is 0.385. The van der Waals surface area contributed by atoms with Crippen LogP contribution in [0.2, 0.25) is 0 Å². The molecule has 3 N–H and O–H groups in total. The molecule has 11 heteroatoms. The van der Waals surface area contributed by atoms with E-state index in [0.717, 1.165) is 27.8 Å². The fourth-order valence-corrected chi connectivity index (χ4v) is 7.14. The van der Waals surface area contributed by atoms with E-state index in [4.69, 9.17) is 18.9 Å². The Hall–Kier alpha value is -4.01. The largest absolute Gasteiger partial charge is 0.504 e. The second-order valence-electron chi connectivity index (χ2n) is 10.9. The summed E-state index contributed by atoms with van der Waals surface area (Å²) in [6.07, 6.45) is 0.930. The van der Waals surface area contributed by atoms with Gasteiger partial charge < -0.3 is 34.7 Å². The Kier molecular flexibility index (Phi) is 6.27. The Labute approximate surface area is 231 Å². The lowest BCUT2D eigenvalue weighted by molar-refractivity contribution is -0.132. The van der Waals surface area contributed by atoms with Crippen molar-refractivity contribution in [1.29, 1.82) is 5.26 Å². The van der Waals surface area contributed by atoms with Crippen molar-refractivity contribution in [2.45, 2.75) is 70.7 Å². The molecule has 4 heterocycles. The van der Waals surface area contributed by atoms with E-state index >= 15 is 0 Å². The summed E-state index contributed by atoms with van der Waals surface area (Å²) >= 11 is 0. The minimum absolute atomic E-state index is 0.0112. The van der Waals surface area contributed by atoms with E-state index in [1.54, 1.807) is 0 Å². The number of carbonyl (C=O) groups excluding carboxylic acids is 2. The number of amides is 1. The molecule has 6 rings (SSSR count). The third-order valence-electron chi connectivity index (χ3n) is 8.55. The van der Waals surface area contributed by atoms with Gasteiger partial charge in [-0.25, -0.2) is 0 Å². The van der Waals surface area contributed by atoms with Gasteiger partial charge in [0.15, 0.2) is 23.0 Å². The number of carbonyl (C=O) groups is 2. The fraction of sp³-hybridized carbons (Fsp3) is 0.483. The van der Waals surface area contributed by atoms with Gasteiger partial charge in [-0.15, -0.1) is 0 Å². The van der Waals surface area contributed by atoms with E-state index < -0.39 is 18.1 Å². The maximum atomic E-state index is 12.2. The van der Waals surface area contributed by atoms with Crippen LogP contribution in [0.15, 0.2) is 6.07 Å². The van der Waals surface area contributed by atoms with Crippen LogP contribution in [0.1, 0.15) is 59.3 Å². The van der Waals surface area contributed by atoms with Crippen LogP contribution in [0.3, 0.4) is 0 Å². The van der Waals surface area contributed by atoms with Crippen LogP contribution in [0.5, 0.6) is 28.7 Å². The van der Waals surface area contributed by atoms with Crippen LogP contribution < -0.4 is 29.6 Å². The summed E-state index contributed by atoms with van der Waals surface area (Å²) in [4.78, 5) is 26.5. The molecule has 0 radical (unpaired) electrons. The molecule has 1 unspecified atom stereocenters. The number of nitrogens with one attached hydrogen (secondary N) is 2. The van der Waals surface area contributed by atoms with Crippen LogP contribution in [0.25, 0.3) is 0 Å². The summed E-state index contributed by atoms with van der Waals surface area (Å²) in [6.45, 7) is 6.72. The maximum Gasteiger partial charge on any atom is 0.308 e. The molecule has 0 spiro atoms. The molecule has 40 heavy (non-hydrogen) atoms. The Morgan fingerprint density at radius 2 is 1.95 bits per heavy atom. The van der Waals surface area contributed by atoms with E-state index in [9.17, 15) is 20.0 Å². The number of ether oxygens (including phenoxy) is 4. The number of benzene rings is 2. The van der Waals surface area contributed by atoms with Crippen molar-refractivity contribution in [2.75, 3.05) is 20.4 Å². The third kappa shape index (κ3) is 3.78. The highest BCUT2D eigenvalue weighted by atomic mass is 16.7. The molecule has 4 aliphatic heterocycles. The van der Waals surface area contributed by atoms with Crippen molar-refractivity contribution in [3.8, 4) is 34.8 Å². The van der Waals surface area contributed by atoms with Gasteiger partial charge in [0.2, 0.25) is 12.7 Å². The van der Waals surface area contributed by atoms with Crippen LogP contribution in [-0.2, 0) is 22.4 Å². The molecule has 2 aromatic carbocycles. The Morgan fingerprint density at radius 1 is 1.20 bits per heavy atom. The number of hydrogen-bond donors (Lipinski definition) is 3. The van der Waals surface area contributed by atoms with Gasteiger partial charge in [0.05, 0.1) is 25.3 Å². The highest BCUT2D eigenvalue weighted by molar-refractivity contribution is 5.75. The van der Waals surface area contributed by atoms with Crippen molar-refractivity contribution < 1.29 is 33.6 Å². The first-order valence-corrected chi connectivity index (χ1v) is 13.4. The van der Waals surface area contributed by atoms with Crippen molar-refractivity contribution in [2.24, 2.45) is 0 Å². The Balaban J connectivity index is 1.60. The molecule has 2 aromatic rings. The molecule has 1 amide bonds. The van der Waals surface area contributed by atoms with E-state index in [2.05, 4.69) is 21.6 Å². The summed E-state index contributed by atoms with van der Waals surface area (Å²) in [5.41, 5.74) is 4.67. The van der Waals surface area contributed by atoms with Crippen LogP contribution in [-0.4, -0.2) is 60.5 Å². The number of hydrogen-bond acceptors (Lipinski definition) is 10. The fourth-order valence-electron chi connectivity index (χ4n) is 7.14. The second-order valence-corrected chi connectivity index (χ2v) is 10.9. The number of phenolic OH excluding ortho intramolecular Hbond substituents is 1. The van der Waals surface area contributed by atoms with Gasteiger partial charge in [-0.3, -0.25) is 14.5 Å². The van der Waals surface area contributed by atoms with E-state index in [0.29, 0.717) is 41.4 Å². The minimum Gasteiger partial charge on any atom is -0.504 e. The smallest absolute Gasteiger partial charge is 0.308 e. The highest BCUT2D eigenvalue weighted by Gasteiger charge is 2.54. The van der Waals surface area contributed by atoms with Crippen LogP contribution in [0.4, 0.5) is 0 Å². The van der Waals surface area contributed by atoms with Gasteiger partial charge in [-0.2, -0.15) is 5.26 Å². The second kappa shape index (κ2) is 9.57. The monoisotopic (exact) mass is 548 g/mol. The van der Waals surface area contributed by atoms with E-state index in [-0.39, 0.29) is 43.1 Å². The molecule has 5 atom stereocenters. The zero-order valence-corrected chi connectivity index (χ0v) is 23.1. The molecule has 4 aliphatic rings. The van der Waals surface area contributed by atoms with Gasteiger partial charge in [-0.05, 0) is 37.8 Å². The van der Waals surface area contributed by atoms with Gasteiger partial charge in [-0.1, -0.05) is 6.07 Å². The maximum absolute atomic E-state index is 12.2. The molecule has 0 aromatic heterocycles. The van der Waals surface area contributed by atoms with Crippen molar-refractivity contribution >= 4 is 11.9 Å². The first-order chi connectivity index (χ1) is 19.2. The number of aryl methyl sites for hydroxylation is 1. The SMILES string of the molecule is COc1c(C)cc2c(c1O)[C@H]1N[C@H](C2)[C@H](C#N)N2C1Cc1c(OC(C)=O)c(C)c3c(c1[C@@H]2CNC(C)=O)OCO3. The molecular formula is C29H32N4O7. The standard InChI is InChI=1S/C29H32N4O7/c1-12-6-16-7-18-20(9-30)33-19(24(32-18)22(16)25(36)26(12)37-5)8-17-23(21(33)10-31-14(3)34)29-28(38-11-39-29)13(2)27(17)40-15(4)35/h6,18-21,24,32,36H,7-8,10-11H2,1-5H3,(H,31,34)/t18-,19?,20+,21+,24+/m1/s1. The average Bonchev–Trinajstić information content (AvgIpc) is 3.39. The predicted octanol–water partition coefficient (Wildman–Crippen LogP) is 2.24. The lowest BCUT2D eigenvalue weighted by Gasteiger charge is -2.56. The summed E-state index contributed by atoms with van der Waals surface area (Å²) in [5, 5.41) is 28.5. The first kappa shape index (κ1) is 26.2. The number of rotatable bonds is 4. The molecule has 0 aliphatic carbocycles. The number of phenols is 1. The third-order valence-corrected chi connectivity index (χ3v) is 8.55. The first-order valence-electron chi connectivity index (χ1n) is 13.4. The average molecular weight is 549 g/mol. The normalized spacial score (nSPS) is 25.6. The summed E-state index contributed by atoms with van der Waals surface area (Å²) in [5.74, 6) is 1.25. The number of nitrogens with zero attached hydrogens (tertiary/aromatic N) is 2. The molecule has 2 bridgehead atoms. The van der Waals surface area contributed by atoms with Crippen molar-refractivity contribution in [3.63, 3.8) is 0 Å². The zero-order valence-electron chi connectivity index (χ0n) is 23.1. The number of aromatic hydroxyl groups is 1. The van der Waals surface area contributed by atoms with Crippen molar-refractivity contribution in [1.82, 2.24) is 15.5 Å². The van der Waals surface area contributed by atoms with Crippen LogP contribution >= 0.6 is 0 Å². The van der Waals surface area contributed by atoms with E-state index in [1.807, 2.05) is 19.9 Å². The van der Waals surface area contributed by atoms with Crippen molar-refractivity contribution in [3.05, 3.63) is 39.4 Å². The van der Waals surface area contributed by atoms with Gasteiger partial charge in [0, 0.05) is 54.7 Å². The number of fused-ring (bicyclic) bond motifs is 9. The Bertz CT molecular complexity index is 1480. The number of esters is 1. The summed E-state index contributed by atoms with van der Waals surface area (Å²) in [7, 11) is 1.53. The number of methoxy groups -OCH3 is 1. The predicted molar refractivity (Wildman–Crippen MR) is 142 cm³/mol. The summed E-state index contributed by atoms with van der Waals surface area (Å²) < 4.78 is 23.1. The number of nitriles is 1. The zero-order chi connectivity index (χ0) is 28.5. The van der Waals surface area contributed by atoms with Gasteiger partial charge >= 0.3 is 5.97 Å². The lowest BCUT2D eigenvalue weighted by atomic mass is 9.72. The molecule has 11 nitrogen and oxygen atoms in total. The molecule has 0 saturated carbocycles. The molecular weight excluding hydrogens is 516 g/mol. The number of piperazine rings is 1. The van der Waals surface area contributed by atoms with Gasteiger partial charge in [0.1, 0.15) is 11.8 Å². The topological polar surface area (TPSA) is 142 Å². The molecule has 1 saturated heterocycles. The Morgan fingerprint density at radius 3 is 2.62 bits per heavy atom. The molecule has 1 fully saturated rings. The summed E-state index contributed by atoms with van der Waals surface area (Å²) in [6, 6.07) is 2.58. The van der Waals surface area contributed by atoms with Crippen LogP contribution in [0, 0.1) is 25.2 Å². The minimum atomic E-state index is -0.553. The lowest BCUT2D eigenvalue weighted by Crippen LogP contribution is -2.68. The van der Waals surface area contributed by atoms with E-state index in [1.165, 1.54) is 21.0 Å². The van der Waals surface area contributed by atoms with Gasteiger partial charge in [0.25, 0.3) is 0 Å².